The fourth-order valence-corrected chi connectivity index (χ4v) is 3.01. The van der Waals surface area contributed by atoms with Crippen LogP contribution in [0.15, 0.2) is 16.6 Å². The van der Waals surface area contributed by atoms with Gasteiger partial charge in [0.15, 0.2) is 5.52 Å². The molecule has 6 heteroatoms. The van der Waals surface area contributed by atoms with Crippen molar-refractivity contribution < 1.29 is 14.3 Å². The number of hydrogen-bond acceptors (Lipinski definition) is 3. The molecule has 1 aromatic rings. The summed E-state index contributed by atoms with van der Waals surface area (Å²) < 4.78 is 11.3. The Bertz CT molecular complexity index is 438. The average Bonchev–Trinajstić information content (AvgIpc) is 2.35. The van der Waals surface area contributed by atoms with Gasteiger partial charge in [0.1, 0.15) is 17.1 Å². The second kappa shape index (κ2) is 9.03. The molecule has 0 aliphatic carbocycles. The standard InChI is InChI=1S/C13H18BrO3P.Li.H/c1-8(2)7-18-13(15)11-10(16-3)6-5-9(14)12(11)17-4;;/h5-6,8,18H,7H2,1-4H3;;. The van der Waals surface area contributed by atoms with Crippen LogP contribution in [0.2, 0.25) is 0 Å². The Balaban J connectivity index is 0.00000324. The minimum atomic E-state index is 0. The summed E-state index contributed by atoms with van der Waals surface area (Å²) in [6.45, 7) is 4.21. The number of benzene rings is 1. The van der Waals surface area contributed by atoms with E-state index in [4.69, 9.17) is 9.47 Å². The number of hydrogen-bond donors (Lipinski definition) is 0. The third-order valence-corrected chi connectivity index (χ3v) is 4.61. The molecule has 19 heavy (non-hydrogen) atoms. The van der Waals surface area contributed by atoms with E-state index in [9.17, 15) is 4.79 Å². The zero-order chi connectivity index (χ0) is 13.7. The first-order valence-electron chi connectivity index (χ1n) is 5.70. The zero-order valence-electron chi connectivity index (χ0n) is 11.0. The van der Waals surface area contributed by atoms with Gasteiger partial charge in [0, 0.05) is 0 Å². The molecule has 1 rings (SSSR count). The van der Waals surface area contributed by atoms with Crippen molar-refractivity contribution in [3.05, 3.63) is 22.2 Å². The second-order valence-electron chi connectivity index (χ2n) is 4.26. The van der Waals surface area contributed by atoms with Gasteiger partial charge in [-0.15, -0.1) is 0 Å². The van der Waals surface area contributed by atoms with Crippen molar-refractivity contribution in [3.8, 4) is 11.5 Å². The Kier molecular flexibility index (Phi) is 9.03. The van der Waals surface area contributed by atoms with Crippen LogP contribution < -0.4 is 9.47 Å². The van der Waals surface area contributed by atoms with Crippen molar-refractivity contribution in [1.82, 2.24) is 0 Å². The Morgan fingerprint density at radius 2 is 1.95 bits per heavy atom. The van der Waals surface area contributed by atoms with Crippen molar-refractivity contribution in [1.29, 1.82) is 0 Å². The average molecular weight is 341 g/mol. The van der Waals surface area contributed by atoms with Crippen LogP contribution in [-0.2, 0) is 0 Å². The molecule has 0 aliphatic rings. The van der Waals surface area contributed by atoms with E-state index in [-0.39, 0.29) is 33.0 Å². The summed E-state index contributed by atoms with van der Waals surface area (Å²) in [5.74, 6) is 1.63. The fraction of sp³-hybridized carbons (Fsp3) is 0.462. The van der Waals surface area contributed by atoms with E-state index < -0.39 is 0 Å². The van der Waals surface area contributed by atoms with Crippen LogP contribution in [0.4, 0.5) is 0 Å². The quantitative estimate of drug-likeness (QED) is 0.588. The predicted octanol–water partition coefficient (Wildman–Crippen LogP) is 3.29. The maximum absolute atomic E-state index is 12.3. The minimum absolute atomic E-state index is 0. The van der Waals surface area contributed by atoms with E-state index in [0.29, 0.717) is 23.0 Å². The molecule has 0 N–H and O–H groups in total. The number of carbonyl (C=O) groups excluding carboxylic acids is 1. The molecule has 0 amide bonds. The Hall–Kier alpha value is -0.00260. The first-order valence-corrected chi connectivity index (χ1v) is 7.70. The van der Waals surface area contributed by atoms with Crippen LogP contribution in [0.3, 0.4) is 0 Å². The van der Waals surface area contributed by atoms with Crippen molar-refractivity contribution in [2.24, 2.45) is 5.92 Å². The predicted molar refractivity (Wildman–Crippen MR) is 86.7 cm³/mol. The molecular formula is C13H19BrLiO3P. The summed E-state index contributed by atoms with van der Waals surface area (Å²) in [6.07, 6.45) is 0.887. The third-order valence-electron chi connectivity index (χ3n) is 2.39. The summed E-state index contributed by atoms with van der Waals surface area (Å²) in [5, 5.41) is 0. The van der Waals surface area contributed by atoms with Crippen molar-refractivity contribution in [2.45, 2.75) is 13.8 Å². The van der Waals surface area contributed by atoms with Gasteiger partial charge in [-0.2, -0.15) is 0 Å². The first-order chi connectivity index (χ1) is 8.51. The summed E-state index contributed by atoms with van der Waals surface area (Å²) in [6, 6.07) is 3.60. The molecule has 0 spiro atoms. The molecule has 0 saturated carbocycles. The van der Waals surface area contributed by atoms with E-state index in [2.05, 4.69) is 29.8 Å². The molecule has 1 unspecified atom stereocenters. The van der Waals surface area contributed by atoms with Crippen LogP contribution in [0.5, 0.6) is 11.5 Å². The van der Waals surface area contributed by atoms with Crippen molar-refractivity contribution in [2.75, 3.05) is 20.4 Å². The molecule has 102 valence electrons. The van der Waals surface area contributed by atoms with Gasteiger partial charge in [-0.3, -0.25) is 4.79 Å². The van der Waals surface area contributed by atoms with Crippen molar-refractivity contribution in [3.63, 3.8) is 0 Å². The van der Waals surface area contributed by atoms with Gasteiger partial charge in [-0.25, -0.2) is 0 Å². The summed E-state index contributed by atoms with van der Waals surface area (Å²) in [5.41, 5.74) is 0.618. The topological polar surface area (TPSA) is 35.5 Å². The van der Waals surface area contributed by atoms with Gasteiger partial charge in [-0.1, -0.05) is 13.8 Å². The van der Waals surface area contributed by atoms with Gasteiger partial charge < -0.3 is 9.47 Å². The molecular weight excluding hydrogens is 322 g/mol. The van der Waals surface area contributed by atoms with Crippen LogP contribution in [-0.4, -0.2) is 44.8 Å². The molecule has 3 nitrogen and oxygen atoms in total. The number of rotatable bonds is 6. The number of halogens is 1. The van der Waals surface area contributed by atoms with Crippen LogP contribution in [0.25, 0.3) is 0 Å². The van der Waals surface area contributed by atoms with Gasteiger partial charge in [0.25, 0.3) is 0 Å². The Morgan fingerprint density at radius 1 is 1.32 bits per heavy atom. The molecule has 0 radical (unpaired) electrons. The summed E-state index contributed by atoms with van der Waals surface area (Å²) >= 11 is 3.39. The molecule has 0 saturated heterocycles. The van der Waals surface area contributed by atoms with Crippen LogP contribution in [0, 0.1) is 5.92 Å². The number of carbonyl (C=O) groups is 1. The molecule has 1 aromatic carbocycles. The zero-order valence-corrected chi connectivity index (χ0v) is 13.6. The molecule has 0 aliphatic heterocycles. The van der Waals surface area contributed by atoms with Crippen LogP contribution in [0.1, 0.15) is 24.2 Å². The maximum atomic E-state index is 12.3. The molecule has 0 heterocycles. The molecule has 0 bridgehead atoms. The van der Waals surface area contributed by atoms with Gasteiger partial charge in [0.05, 0.1) is 18.7 Å². The van der Waals surface area contributed by atoms with E-state index in [1.165, 1.54) is 0 Å². The monoisotopic (exact) mass is 340 g/mol. The van der Waals surface area contributed by atoms with E-state index in [1.54, 1.807) is 20.3 Å². The van der Waals surface area contributed by atoms with Gasteiger partial charge >= 0.3 is 18.9 Å². The van der Waals surface area contributed by atoms with Crippen molar-refractivity contribution >= 4 is 48.9 Å². The fourth-order valence-electron chi connectivity index (χ4n) is 1.51. The normalized spacial score (nSPS) is 10.6. The van der Waals surface area contributed by atoms with Gasteiger partial charge in [0.2, 0.25) is 0 Å². The molecule has 0 fully saturated rings. The second-order valence-corrected chi connectivity index (χ2v) is 6.33. The number of methoxy groups -OCH3 is 2. The van der Waals surface area contributed by atoms with E-state index in [1.807, 2.05) is 6.07 Å². The summed E-state index contributed by atoms with van der Waals surface area (Å²) in [7, 11) is 3.36. The third kappa shape index (κ3) is 5.12. The molecule has 1 atom stereocenters. The Labute approximate surface area is 136 Å². The number of ether oxygens (including phenoxy) is 2. The van der Waals surface area contributed by atoms with E-state index in [0.717, 1.165) is 10.6 Å². The van der Waals surface area contributed by atoms with E-state index >= 15 is 0 Å². The van der Waals surface area contributed by atoms with Crippen LogP contribution >= 0.6 is 24.5 Å². The SMILES string of the molecule is COc1ccc(Br)c(OC)c1C(=O)PCC(C)C.[LiH]. The molecule has 0 aromatic heterocycles. The van der Waals surface area contributed by atoms with Gasteiger partial charge in [-0.05, 0) is 48.7 Å². The first kappa shape index (κ1) is 19.0. The summed E-state index contributed by atoms with van der Waals surface area (Å²) in [4.78, 5) is 12.3. The Morgan fingerprint density at radius 3 is 2.42 bits per heavy atom.